The maximum atomic E-state index is 11.6. The third-order valence-electron chi connectivity index (χ3n) is 2.25. The smallest absolute Gasteiger partial charge is 0.340 e. The molecule has 0 saturated carbocycles. The lowest BCUT2D eigenvalue weighted by Crippen LogP contribution is -2.06. The predicted octanol–water partition coefficient (Wildman–Crippen LogP) is 2.15. The Bertz CT molecular complexity index is 476. The molecule has 90 valence electrons. The number of aliphatic imine (C=N–C) groups is 1. The number of esters is 1. The molecule has 5 nitrogen and oxygen atoms in total. The van der Waals surface area contributed by atoms with Crippen molar-refractivity contribution in [2.45, 2.75) is 13.8 Å². The van der Waals surface area contributed by atoms with E-state index in [0.29, 0.717) is 11.3 Å². The quantitative estimate of drug-likeness (QED) is 0.455. The summed E-state index contributed by atoms with van der Waals surface area (Å²) in [6, 6.07) is 3.14. The molecule has 0 radical (unpaired) electrons. The van der Waals surface area contributed by atoms with E-state index in [9.17, 15) is 9.59 Å². The molecule has 0 N–H and O–H groups in total. The van der Waals surface area contributed by atoms with Gasteiger partial charge in [0.2, 0.25) is 6.08 Å². The number of carbonyl (C=O) groups is 1. The van der Waals surface area contributed by atoms with E-state index in [0.717, 1.165) is 0 Å². The summed E-state index contributed by atoms with van der Waals surface area (Å²) in [6.07, 6.45) is 1.43. The molecule has 0 fully saturated rings. The van der Waals surface area contributed by atoms with Gasteiger partial charge in [-0.1, -0.05) is 0 Å². The van der Waals surface area contributed by atoms with E-state index >= 15 is 0 Å². The minimum Gasteiger partial charge on any atom is -0.496 e. The van der Waals surface area contributed by atoms with E-state index in [-0.39, 0.29) is 17.9 Å². The van der Waals surface area contributed by atoms with Crippen LogP contribution in [0.25, 0.3) is 0 Å². The fourth-order valence-electron chi connectivity index (χ4n) is 1.47. The van der Waals surface area contributed by atoms with Gasteiger partial charge in [-0.05, 0) is 26.0 Å². The Morgan fingerprint density at radius 3 is 2.71 bits per heavy atom. The van der Waals surface area contributed by atoms with Crippen LogP contribution in [0.3, 0.4) is 0 Å². The van der Waals surface area contributed by atoms with Gasteiger partial charge in [-0.25, -0.2) is 9.59 Å². The summed E-state index contributed by atoms with van der Waals surface area (Å²) in [4.78, 5) is 25.5. The Morgan fingerprint density at radius 2 is 2.18 bits per heavy atom. The lowest BCUT2D eigenvalue weighted by atomic mass is 10.1. The number of nitrogens with zero attached hydrogens (tertiary/aromatic N) is 1. The molecule has 1 rings (SSSR count). The SMILES string of the molecule is CCOC(=O)c1ccc(OC)c(C)c1N=C=O. The van der Waals surface area contributed by atoms with Crippen molar-refractivity contribution in [2.75, 3.05) is 13.7 Å². The van der Waals surface area contributed by atoms with Crippen LogP contribution in [-0.4, -0.2) is 25.8 Å². The Morgan fingerprint density at radius 1 is 1.47 bits per heavy atom. The summed E-state index contributed by atoms with van der Waals surface area (Å²) >= 11 is 0. The molecule has 0 aromatic heterocycles. The predicted molar refractivity (Wildman–Crippen MR) is 61.5 cm³/mol. The minimum absolute atomic E-state index is 0.230. The van der Waals surface area contributed by atoms with Crippen molar-refractivity contribution in [3.8, 4) is 5.75 Å². The van der Waals surface area contributed by atoms with Crippen LogP contribution in [0.1, 0.15) is 22.8 Å². The molecule has 5 heteroatoms. The van der Waals surface area contributed by atoms with Gasteiger partial charge >= 0.3 is 5.97 Å². The third kappa shape index (κ3) is 2.71. The summed E-state index contributed by atoms with van der Waals surface area (Å²) in [5, 5.41) is 0. The highest BCUT2D eigenvalue weighted by Gasteiger charge is 2.17. The van der Waals surface area contributed by atoms with E-state index in [1.165, 1.54) is 19.3 Å². The van der Waals surface area contributed by atoms with Crippen molar-refractivity contribution in [1.82, 2.24) is 0 Å². The molecule has 0 unspecified atom stereocenters. The Kier molecular flexibility index (Phi) is 4.43. The van der Waals surface area contributed by atoms with Crippen LogP contribution >= 0.6 is 0 Å². The van der Waals surface area contributed by atoms with Crippen molar-refractivity contribution in [1.29, 1.82) is 0 Å². The number of benzene rings is 1. The maximum Gasteiger partial charge on any atom is 0.340 e. The van der Waals surface area contributed by atoms with E-state index in [1.54, 1.807) is 19.9 Å². The highest BCUT2D eigenvalue weighted by atomic mass is 16.5. The van der Waals surface area contributed by atoms with Gasteiger partial charge in [-0.3, -0.25) is 0 Å². The number of rotatable bonds is 4. The summed E-state index contributed by atoms with van der Waals surface area (Å²) in [7, 11) is 1.50. The van der Waals surface area contributed by atoms with Gasteiger partial charge in [0.15, 0.2) is 0 Å². The number of ether oxygens (including phenoxy) is 2. The standard InChI is InChI=1S/C12H13NO4/c1-4-17-12(15)9-5-6-10(16-3)8(2)11(9)13-7-14/h5-6H,4H2,1-3H3. The van der Waals surface area contributed by atoms with Crippen molar-refractivity contribution >= 4 is 17.7 Å². The lowest BCUT2D eigenvalue weighted by Gasteiger charge is -2.10. The largest absolute Gasteiger partial charge is 0.496 e. The molecule has 1 aromatic rings. The molecular weight excluding hydrogens is 222 g/mol. The first-order valence-electron chi connectivity index (χ1n) is 5.08. The van der Waals surface area contributed by atoms with Crippen molar-refractivity contribution in [3.63, 3.8) is 0 Å². The number of isocyanates is 1. The average molecular weight is 235 g/mol. The van der Waals surface area contributed by atoms with E-state index in [4.69, 9.17) is 9.47 Å². The van der Waals surface area contributed by atoms with Gasteiger partial charge in [0.1, 0.15) is 5.75 Å². The van der Waals surface area contributed by atoms with Crippen molar-refractivity contribution in [3.05, 3.63) is 23.3 Å². The lowest BCUT2D eigenvalue weighted by molar-refractivity contribution is 0.0527. The minimum atomic E-state index is -0.521. The summed E-state index contributed by atoms with van der Waals surface area (Å²) in [6.45, 7) is 3.67. The second-order valence-electron chi connectivity index (χ2n) is 3.21. The summed E-state index contributed by atoms with van der Waals surface area (Å²) < 4.78 is 9.96. The third-order valence-corrected chi connectivity index (χ3v) is 2.25. The second-order valence-corrected chi connectivity index (χ2v) is 3.21. The molecule has 0 heterocycles. The number of hydrogen-bond acceptors (Lipinski definition) is 5. The Balaban J connectivity index is 3.35. The van der Waals surface area contributed by atoms with Crippen LogP contribution in [0.4, 0.5) is 5.69 Å². The molecule has 1 aromatic carbocycles. The van der Waals surface area contributed by atoms with Crippen LogP contribution in [-0.2, 0) is 9.53 Å². The number of methoxy groups -OCH3 is 1. The number of carbonyl (C=O) groups excluding carboxylic acids is 2. The van der Waals surface area contributed by atoms with Crippen LogP contribution < -0.4 is 4.74 Å². The summed E-state index contributed by atoms with van der Waals surface area (Å²) in [5.41, 5.74) is 1.06. The number of hydrogen-bond donors (Lipinski definition) is 0. The van der Waals surface area contributed by atoms with Crippen LogP contribution in [0.5, 0.6) is 5.75 Å². The van der Waals surface area contributed by atoms with Gasteiger partial charge in [0, 0.05) is 5.56 Å². The Hall–Kier alpha value is -2.13. The maximum absolute atomic E-state index is 11.6. The van der Waals surface area contributed by atoms with E-state index in [2.05, 4.69) is 4.99 Å². The molecule has 0 spiro atoms. The highest BCUT2D eigenvalue weighted by Crippen LogP contribution is 2.31. The second kappa shape index (κ2) is 5.82. The molecule has 0 bridgehead atoms. The fraction of sp³-hybridized carbons (Fsp3) is 0.333. The van der Waals surface area contributed by atoms with Gasteiger partial charge in [-0.2, -0.15) is 4.99 Å². The molecule has 0 saturated heterocycles. The molecule has 0 atom stereocenters. The zero-order valence-electron chi connectivity index (χ0n) is 9.94. The normalized spacial score (nSPS) is 9.35. The monoisotopic (exact) mass is 235 g/mol. The molecule has 0 aliphatic rings. The highest BCUT2D eigenvalue weighted by molar-refractivity contribution is 5.96. The first kappa shape index (κ1) is 12.9. The first-order valence-corrected chi connectivity index (χ1v) is 5.08. The first-order chi connectivity index (χ1) is 8.15. The molecule has 0 amide bonds. The zero-order chi connectivity index (χ0) is 12.8. The van der Waals surface area contributed by atoms with E-state index in [1.807, 2.05) is 0 Å². The van der Waals surface area contributed by atoms with Crippen molar-refractivity contribution in [2.24, 2.45) is 4.99 Å². The zero-order valence-corrected chi connectivity index (χ0v) is 9.94. The van der Waals surface area contributed by atoms with Gasteiger partial charge in [-0.15, -0.1) is 0 Å². The van der Waals surface area contributed by atoms with Crippen molar-refractivity contribution < 1.29 is 19.1 Å². The van der Waals surface area contributed by atoms with Gasteiger partial charge in [0.25, 0.3) is 0 Å². The van der Waals surface area contributed by atoms with Gasteiger partial charge in [0.05, 0.1) is 25.0 Å². The molecular formula is C12H13NO4. The average Bonchev–Trinajstić information content (AvgIpc) is 2.32. The van der Waals surface area contributed by atoms with Crippen LogP contribution in [0, 0.1) is 6.92 Å². The van der Waals surface area contributed by atoms with E-state index < -0.39 is 5.97 Å². The fourth-order valence-corrected chi connectivity index (χ4v) is 1.47. The topological polar surface area (TPSA) is 65.0 Å². The Labute approximate surface area is 99.1 Å². The summed E-state index contributed by atoms with van der Waals surface area (Å²) in [5.74, 6) is 0.0271. The van der Waals surface area contributed by atoms with Crippen LogP contribution in [0.2, 0.25) is 0 Å². The molecule has 17 heavy (non-hydrogen) atoms. The van der Waals surface area contributed by atoms with Gasteiger partial charge < -0.3 is 9.47 Å². The van der Waals surface area contributed by atoms with Crippen LogP contribution in [0.15, 0.2) is 17.1 Å². The molecule has 0 aliphatic carbocycles. The molecule has 0 aliphatic heterocycles.